The number of nitrogens with zero attached hydrogens (tertiary/aromatic N) is 1. The molecule has 0 aromatic heterocycles. The van der Waals surface area contributed by atoms with Gasteiger partial charge >= 0.3 is 0 Å². The maximum Gasteiger partial charge on any atom is 0.221 e. The highest BCUT2D eigenvalue weighted by Gasteiger charge is 2.41. The fourth-order valence-corrected chi connectivity index (χ4v) is 4.37. The van der Waals surface area contributed by atoms with Gasteiger partial charge in [0.05, 0.1) is 12.8 Å². The Labute approximate surface area is 182 Å². The fourth-order valence-electron chi connectivity index (χ4n) is 4.37. The number of carbonyl (C=O) groups excluding carboxylic acids is 1. The molecule has 7 nitrogen and oxygen atoms in total. The summed E-state index contributed by atoms with van der Waals surface area (Å²) in [6, 6.07) is 13.5. The third kappa shape index (κ3) is 5.11. The van der Waals surface area contributed by atoms with Crippen molar-refractivity contribution in [2.45, 2.75) is 37.9 Å². The van der Waals surface area contributed by atoms with Crippen molar-refractivity contribution in [2.75, 3.05) is 38.7 Å². The third-order valence-corrected chi connectivity index (χ3v) is 5.98. The van der Waals surface area contributed by atoms with E-state index >= 15 is 0 Å². The Bertz CT molecular complexity index is 897. The SMILES string of the molecule is COc1ccc(NC(C)=O)c(OC[C@H](O)CN2CCC3(CC2)Cc2ccccc2O3)c1. The van der Waals surface area contributed by atoms with Gasteiger partial charge in [-0.1, -0.05) is 18.2 Å². The first-order valence-electron chi connectivity index (χ1n) is 10.7. The van der Waals surface area contributed by atoms with Crippen LogP contribution in [0.4, 0.5) is 5.69 Å². The summed E-state index contributed by atoms with van der Waals surface area (Å²) in [7, 11) is 1.57. The minimum Gasteiger partial charge on any atom is -0.497 e. The van der Waals surface area contributed by atoms with Gasteiger partial charge in [0, 0.05) is 51.9 Å². The standard InChI is InChI=1S/C24H30N2O5/c1-17(27)25-21-8-7-20(29-2)13-23(21)30-16-19(28)15-26-11-9-24(10-12-26)14-18-5-3-4-6-22(18)31-24/h3-8,13,19,28H,9-12,14-16H2,1-2H3,(H,25,27)/t19-/m1/s1. The highest BCUT2D eigenvalue weighted by atomic mass is 16.5. The molecule has 2 aromatic rings. The van der Waals surface area contributed by atoms with Crippen molar-refractivity contribution in [2.24, 2.45) is 0 Å². The van der Waals surface area contributed by atoms with Crippen LogP contribution in [-0.4, -0.2) is 61.0 Å². The number of aliphatic hydroxyl groups is 1. The molecule has 1 atom stereocenters. The maximum atomic E-state index is 11.4. The van der Waals surface area contributed by atoms with Crippen LogP contribution in [0.25, 0.3) is 0 Å². The molecule has 0 saturated carbocycles. The molecule has 1 fully saturated rings. The molecule has 2 N–H and O–H groups in total. The number of anilines is 1. The second-order valence-electron chi connectivity index (χ2n) is 8.38. The number of carbonyl (C=O) groups is 1. The number of rotatable bonds is 7. The van der Waals surface area contributed by atoms with Gasteiger partial charge in [-0.25, -0.2) is 0 Å². The molecular formula is C24H30N2O5. The van der Waals surface area contributed by atoms with Gasteiger partial charge in [0.1, 0.15) is 35.6 Å². The van der Waals surface area contributed by atoms with E-state index in [0.29, 0.717) is 23.7 Å². The highest BCUT2D eigenvalue weighted by molar-refractivity contribution is 5.90. The van der Waals surface area contributed by atoms with Crippen LogP contribution in [0.1, 0.15) is 25.3 Å². The molecule has 0 aliphatic carbocycles. The van der Waals surface area contributed by atoms with Gasteiger partial charge in [0.2, 0.25) is 5.91 Å². The minimum atomic E-state index is -0.646. The Morgan fingerprint density at radius 2 is 2.03 bits per heavy atom. The lowest BCUT2D eigenvalue weighted by Gasteiger charge is -2.39. The monoisotopic (exact) mass is 426 g/mol. The summed E-state index contributed by atoms with van der Waals surface area (Å²) < 4.78 is 17.4. The molecule has 166 valence electrons. The first kappa shape index (κ1) is 21.5. The predicted octanol–water partition coefficient (Wildman–Crippen LogP) is 2.86. The third-order valence-electron chi connectivity index (χ3n) is 5.98. The molecule has 1 saturated heterocycles. The molecule has 7 heteroatoms. The molecule has 1 amide bonds. The number of nitrogens with one attached hydrogen (secondary N) is 1. The van der Waals surface area contributed by atoms with E-state index < -0.39 is 6.10 Å². The van der Waals surface area contributed by atoms with Gasteiger partial charge in [-0.2, -0.15) is 0 Å². The Morgan fingerprint density at radius 3 is 2.74 bits per heavy atom. The summed E-state index contributed by atoms with van der Waals surface area (Å²) in [5.74, 6) is 1.92. The Balaban J connectivity index is 1.28. The number of amides is 1. The number of methoxy groups -OCH3 is 1. The van der Waals surface area contributed by atoms with E-state index in [4.69, 9.17) is 14.2 Å². The van der Waals surface area contributed by atoms with Gasteiger partial charge in [0.15, 0.2) is 0 Å². The number of hydrogen-bond donors (Lipinski definition) is 2. The van der Waals surface area contributed by atoms with E-state index in [0.717, 1.165) is 38.1 Å². The van der Waals surface area contributed by atoms with Crippen LogP contribution >= 0.6 is 0 Å². The molecule has 1 spiro atoms. The fraction of sp³-hybridized carbons (Fsp3) is 0.458. The Hall–Kier alpha value is -2.77. The minimum absolute atomic E-state index is 0.102. The Morgan fingerprint density at radius 1 is 1.26 bits per heavy atom. The van der Waals surface area contributed by atoms with Crippen molar-refractivity contribution in [3.8, 4) is 17.2 Å². The largest absolute Gasteiger partial charge is 0.497 e. The van der Waals surface area contributed by atoms with Gasteiger partial charge in [-0.15, -0.1) is 0 Å². The summed E-state index contributed by atoms with van der Waals surface area (Å²) in [5.41, 5.74) is 1.74. The molecule has 0 radical (unpaired) electrons. The number of hydrogen-bond acceptors (Lipinski definition) is 6. The van der Waals surface area contributed by atoms with Crippen LogP contribution in [0.5, 0.6) is 17.2 Å². The van der Waals surface area contributed by atoms with Crippen molar-refractivity contribution < 1.29 is 24.1 Å². The van der Waals surface area contributed by atoms with E-state index in [1.165, 1.54) is 12.5 Å². The highest BCUT2D eigenvalue weighted by Crippen LogP contribution is 2.40. The quantitative estimate of drug-likeness (QED) is 0.709. The first-order chi connectivity index (χ1) is 15.0. The van der Waals surface area contributed by atoms with Gasteiger partial charge in [0.25, 0.3) is 0 Å². The molecule has 2 heterocycles. The molecule has 2 aliphatic heterocycles. The van der Waals surface area contributed by atoms with Crippen LogP contribution in [0.15, 0.2) is 42.5 Å². The topological polar surface area (TPSA) is 80.3 Å². The average Bonchev–Trinajstić information content (AvgIpc) is 3.12. The summed E-state index contributed by atoms with van der Waals surface area (Å²) in [6.45, 7) is 3.85. The predicted molar refractivity (Wildman–Crippen MR) is 118 cm³/mol. The number of fused-ring (bicyclic) bond motifs is 1. The number of likely N-dealkylation sites (tertiary alicyclic amines) is 1. The van der Waals surface area contributed by atoms with Crippen molar-refractivity contribution in [1.82, 2.24) is 4.90 Å². The lowest BCUT2D eigenvalue weighted by Crippen LogP contribution is -2.49. The normalized spacial score (nSPS) is 18.2. The number of benzene rings is 2. The van der Waals surface area contributed by atoms with Crippen molar-refractivity contribution in [1.29, 1.82) is 0 Å². The zero-order valence-corrected chi connectivity index (χ0v) is 18.1. The molecule has 2 aliphatic rings. The summed E-state index contributed by atoms with van der Waals surface area (Å²) in [4.78, 5) is 13.7. The molecule has 2 aromatic carbocycles. The van der Waals surface area contributed by atoms with Gasteiger partial charge < -0.3 is 29.5 Å². The Kier molecular flexibility index (Phi) is 6.34. The number of piperidine rings is 1. The van der Waals surface area contributed by atoms with Crippen molar-refractivity contribution in [3.63, 3.8) is 0 Å². The smallest absolute Gasteiger partial charge is 0.221 e. The van der Waals surface area contributed by atoms with E-state index in [1.54, 1.807) is 25.3 Å². The van der Waals surface area contributed by atoms with E-state index in [2.05, 4.69) is 22.3 Å². The zero-order chi connectivity index (χ0) is 21.8. The van der Waals surface area contributed by atoms with Crippen molar-refractivity contribution in [3.05, 3.63) is 48.0 Å². The second-order valence-corrected chi connectivity index (χ2v) is 8.38. The summed E-state index contributed by atoms with van der Waals surface area (Å²) in [5, 5.41) is 13.3. The lowest BCUT2D eigenvalue weighted by molar-refractivity contribution is -0.114. The maximum absolute atomic E-state index is 11.4. The van der Waals surface area contributed by atoms with Gasteiger partial charge in [-0.05, 0) is 23.8 Å². The number of ether oxygens (including phenoxy) is 3. The lowest BCUT2D eigenvalue weighted by atomic mass is 9.87. The molecule has 0 unspecified atom stereocenters. The number of para-hydroxylation sites is 1. The molecule has 0 bridgehead atoms. The summed E-state index contributed by atoms with van der Waals surface area (Å²) in [6.07, 6.45) is 2.20. The van der Waals surface area contributed by atoms with Crippen LogP contribution in [0.3, 0.4) is 0 Å². The van der Waals surface area contributed by atoms with Gasteiger partial charge in [-0.3, -0.25) is 4.79 Å². The molecule has 31 heavy (non-hydrogen) atoms. The molecule has 4 rings (SSSR count). The van der Waals surface area contributed by atoms with E-state index in [-0.39, 0.29) is 18.1 Å². The average molecular weight is 427 g/mol. The van der Waals surface area contributed by atoms with E-state index in [1.807, 2.05) is 12.1 Å². The van der Waals surface area contributed by atoms with Crippen LogP contribution < -0.4 is 19.5 Å². The second kappa shape index (κ2) is 9.16. The van der Waals surface area contributed by atoms with Crippen LogP contribution in [-0.2, 0) is 11.2 Å². The van der Waals surface area contributed by atoms with Crippen LogP contribution in [0, 0.1) is 0 Å². The molecular weight excluding hydrogens is 396 g/mol. The number of β-amino-alcohol motifs (C(OH)–C–C–N with tert-alkyl or cyclic N) is 1. The number of aliphatic hydroxyl groups excluding tert-OH is 1. The van der Waals surface area contributed by atoms with Crippen molar-refractivity contribution >= 4 is 11.6 Å². The van der Waals surface area contributed by atoms with E-state index in [9.17, 15) is 9.90 Å². The summed E-state index contributed by atoms with van der Waals surface area (Å²) >= 11 is 0. The zero-order valence-electron chi connectivity index (χ0n) is 18.1. The first-order valence-corrected chi connectivity index (χ1v) is 10.7. The van der Waals surface area contributed by atoms with Crippen LogP contribution in [0.2, 0.25) is 0 Å².